The number of aromatic hydroxyl groups is 1. The smallest absolute Gasteiger partial charge is 0.231 e. The summed E-state index contributed by atoms with van der Waals surface area (Å²) in [4.78, 5) is 16.5. The van der Waals surface area contributed by atoms with Crippen molar-refractivity contribution in [1.29, 1.82) is 0 Å². The van der Waals surface area contributed by atoms with Gasteiger partial charge >= 0.3 is 0 Å². The third-order valence-corrected chi connectivity index (χ3v) is 3.82. The lowest BCUT2D eigenvalue weighted by Crippen LogP contribution is -2.33. The largest absolute Gasteiger partial charge is 0.504 e. The van der Waals surface area contributed by atoms with Gasteiger partial charge in [-0.2, -0.15) is 0 Å². The third-order valence-electron chi connectivity index (χ3n) is 3.82. The van der Waals surface area contributed by atoms with E-state index in [1.807, 2.05) is 30.3 Å². The Labute approximate surface area is 129 Å². The summed E-state index contributed by atoms with van der Waals surface area (Å²) in [6.45, 7) is 0.651. The molecule has 0 radical (unpaired) electrons. The number of nitrogens with zero attached hydrogens (tertiary/aromatic N) is 1. The van der Waals surface area contributed by atoms with Gasteiger partial charge < -0.3 is 15.2 Å². The van der Waals surface area contributed by atoms with Crippen molar-refractivity contribution in [3.05, 3.63) is 54.2 Å². The molecule has 1 aromatic carbocycles. The molecule has 5 nitrogen and oxygen atoms in total. The number of ether oxygens (including phenoxy) is 1. The van der Waals surface area contributed by atoms with Gasteiger partial charge in [0.1, 0.15) is 0 Å². The summed E-state index contributed by atoms with van der Waals surface area (Å²) in [6.07, 6.45) is 2.86. The van der Waals surface area contributed by atoms with Crippen molar-refractivity contribution in [1.82, 2.24) is 4.98 Å². The molecule has 0 aliphatic carbocycles. The zero-order chi connectivity index (χ0) is 15.4. The molecule has 114 valence electrons. The van der Waals surface area contributed by atoms with E-state index in [1.165, 1.54) is 12.3 Å². The van der Waals surface area contributed by atoms with Gasteiger partial charge in [0.05, 0.1) is 12.0 Å². The van der Waals surface area contributed by atoms with E-state index >= 15 is 0 Å². The minimum absolute atomic E-state index is 0.0381. The van der Waals surface area contributed by atoms with Crippen molar-refractivity contribution in [2.75, 3.05) is 11.9 Å². The van der Waals surface area contributed by atoms with Crippen LogP contribution in [0.4, 0.5) is 5.82 Å². The first-order chi connectivity index (χ1) is 10.8. The van der Waals surface area contributed by atoms with E-state index in [1.54, 1.807) is 6.07 Å². The Hall–Kier alpha value is -2.40. The Morgan fingerprint density at radius 3 is 2.82 bits per heavy atom. The lowest BCUT2D eigenvalue weighted by Gasteiger charge is -2.31. The van der Waals surface area contributed by atoms with Crippen LogP contribution in [0.2, 0.25) is 0 Å². The minimum Gasteiger partial charge on any atom is -0.504 e. The van der Waals surface area contributed by atoms with Crippen LogP contribution in [0.1, 0.15) is 24.5 Å². The van der Waals surface area contributed by atoms with Crippen molar-refractivity contribution in [2.45, 2.75) is 18.9 Å². The Kier molecular flexibility index (Phi) is 4.34. The summed E-state index contributed by atoms with van der Waals surface area (Å²) >= 11 is 0. The van der Waals surface area contributed by atoms with Crippen LogP contribution in [-0.2, 0) is 9.53 Å². The van der Waals surface area contributed by atoms with Crippen LogP contribution in [0.3, 0.4) is 0 Å². The Morgan fingerprint density at radius 2 is 2.05 bits per heavy atom. The van der Waals surface area contributed by atoms with Crippen LogP contribution < -0.4 is 5.32 Å². The Balaban J connectivity index is 1.79. The molecule has 3 rings (SSSR count). The number of carbonyl (C=O) groups excluding carboxylic acids is 1. The highest BCUT2D eigenvalue weighted by molar-refractivity contribution is 5.93. The Bertz CT molecular complexity index is 645. The van der Waals surface area contributed by atoms with Gasteiger partial charge in [0.25, 0.3) is 0 Å². The molecule has 1 aliphatic heterocycles. The molecular weight excluding hydrogens is 280 g/mol. The predicted octanol–water partition coefficient (Wildman–Crippen LogP) is 2.89. The number of aromatic nitrogens is 1. The molecule has 0 saturated carbocycles. The summed E-state index contributed by atoms with van der Waals surface area (Å²) in [5.41, 5.74) is 0.993. The number of amides is 1. The molecule has 1 amide bonds. The molecule has 2 atom stereocenters. The van der Waals surface area contributed by atoms with Crippen LogP contribution in [0.25, 0.3) is 0 Å². The molecule has 0 bridgehead atoms. The first-order valence-corrected chi connectivity index (χ1v) is 7.37. The number of pyridine rings is 1. The summed E-state index contributed by atoms with van der Waals surface area (Å²) < 4.78 is 5.82. The number of hydrogen-bond acceptors (Lipinski definition) is 4. The first-order valence-electron chi connectivity index (χ1n) is 7.37. The standard InChI is InChI=1S/C17H18N2O3/c20-14-9-4-10-18-16(14)19-17(21)13-8-5-11-22-15(13)12-6-2-1-3-7-12/h1-4,6-7,9-10,13,15,20H,5,8,11H2,(H,18,19,21). The Morgan fingerprint density at radius 1 is 1.23 bits per heavy atom. The highest BCUT2D eigenvalue weighted by Crippen LogP contribution is 2.34. The molecule has 1 aromatic heterocycles. The maximum Gasteiger partial charge on any atom is 0.231 e. The summed E-state index contributed by atoms with van der Waals surface area (Å²) in [7, 11) is 0. The SMILES string of the molecule is O=C(Nc1ncccc1O)C1CCCOC1c1ccccc1. The van der Waals surface area contributed by atoms with Gasteiger partial charge in [0, 0.05) is 12.8 Å². The third kappa shape index (κ3) is 3.09. The number of anilines is 1. The van der Waals surface area contributed by atoms with Gasteiger partial charge in [-0.15, -0.1) is 0 Å². The van der Waals surface area contributed by atoms with Crippen LogP contribution in [0.15, 0.2) is 48.7 Å². The molecule has 1 fully saturated rings. The fourth-order valence-corrected chi connectivity index (χ4v) is 2.72. The van der Waals surface area contributed by atoms with Crippen molar-refractivity contribution in [2.24, 2.45) is 5.92 Å². The number of rotatable bonds is 3. The highest BCUT2D eigenvalue weighted by atomic mass is 16.5. The number of nitrogens with one attached hydrogen (secondary N) is 1. The average Bonchev–Trinajstić information content (AvgIpc) is 2.58. The molecule has 22 heavy (non-hydrogen) atoms. The molecule has 1 aliphatic rings. The highest BCUT2D eigenvalue weighted by Gasteiger charge is 2.33. The van der Waals surface area contributed by atoms with Crippen molar-refractivity contribution >= 4 is 11.7 Å². The number of carbonyl (C=O) groups is 1. The van der Waals surface area contributed by atoms with E-state index in [0.29, 0.717) is 6.61 Å². The fraction of sp³-hybridized carbons (Fsp3) is 0.294. The van der Waals surface area contributed by atoms with Crippen LogP contribution in [-0.4, -0.2) is 22.6 Å². The number of hydrogen-bond donors (Lipinski definition) is 2. The van der Waals surface area contributed by atoms with Crippen molar-refractivity contribution < 1.29 is 14.6 Å². The van der Waals surface area contributed by atoms with Crippen LogP contribution in [0.5, 0.6) is 5.75 Å². The lowest BCUT2D eigenvalue weighted by atomic mass is 9.89. The molecule has 2 unspecified atom stereocenters. The zero-order valence-electron chi connectivity index (χ0n) is 12.1. The van der Waals surface area contributed by atoms with Gasteiger partial charge in [0.15, 0.2) is 11.6 Å². The van der Waals surface area contributed by atoms with Crippen molar-refractivity contribution in [3.8, 4) is 5.75 Å². The summed E-state index contributed by atoms with van der Waals surface area (Å²) in [6, 6.07) is 12.9. The molecule has 1 saturated heterocycles. The van der Waals surface area contributed by atoms with E-state index in [0.717, 1.165) is 18.4 Å². The van der Waals surface area contributed by atoms with E-state index in [2.05, 4.69) is 10.3 Å². The van der Waals surface area contributed by atoms with Crippen molar-refractivity contribution in [3.63, 3.8) is 0 Å². The quantitative estimate of drug-likeness (QED) is 0.914. The molecule has 2 aromatic rings. The number of benzene rings is 1. The molecule has 2 heterocycles. The van der Waals surface area contributed by atoms with Crippen LogP contribution in [0, 0.1) is 5.92 Å². The van der Waals surface area contributed by atoms with E-state index in [4.69, 9.17) is 4.74 Å². The molecular formula is C17H18N2O3. The topological polar surface area (TPSA) is 71.5 Å². The zero-order valence-corrected chi connectivity index (χ0v) is 12.1. The van der Waals surface area contributed by atoms with Gasteiger partial charge in [-0.3, -0.25) is 4.79 Å². The lowest BCUT2D eigenvalue weighted by molar-refractivity contribution is -0.129. The second-order valence-electron chi connectivity index (χ2n) is 5.31. The van der Waals surface area contributed by atoms with Gasteiger partial charge in [-0.05, 0) is 30.5 Å². The van der Waals surface area contributed by atoms with Gasteiger partial charge in [-0.25, -0.2) is 4.98 Å². The summed E-state index contributed by atoms with van der Waals surface area (Å²) in [5.74, 6) is -0.325. The maximum atomic E-state index is 12.6. The fourth-order valence-electron chi connectivity index (χ4n) is 2.72. The normalized spacial score (nSPS) is 21.3. The predicted molar refractivity (Wildman–Crippen MR) is 82.4 cm³/mol. The van der Waals surface area contributed by atoms with E-state index < -0.39 is 0 Å². The van der Waals surface area contributed by atoms with E-state index in [9.17, 15) is 9.90 Å². The second-order valence-corrected chi connectivity index (χ2v) is 5.31. The first kappa shape index (κ1) is 14.5. The molecule has 2 N–H and O–H groups in total. The van der Waals surface area contributed by atoms with Gasteiger partial charge in [0.2, 0.25) is 5.91 Å². The second kappa shape index (κ2) is 6.58. The van der Waals surface area contributed by atoms with Gasteiger partial charge in [-0.1, -0.05) is 30.3 Å². The molecule has 0 spiro atoms. The summed E-state index contributed by atoms with van der Waals surface area (Å²) in [5, 5.41) is 12.4. The van der Waals surface area contributed by atoms with E-state index in [-0.39, 0.29) is 29.5 Å². The minimum atomic E-state index is -0.294. The van der Waals surface area contributed by atoms with Crippen LogP contribution >= 0.6 is 0 Å². The maximum absolute atomic E-state index is 12.6. The monoisotopic (exact) mass is 298 g/mol. The average molecular weight is 298 g/mol. The molecule has 5 heteroatoms.